The Morgan fingerprint density at radius 1 is 0.462 bits per heavy atom. The van der Waals surface area contributed by atoms with E-state index in [0.29, 0.717) is 22.3 Å². The topological polar surface area (TPSA) is 92.3 Å². The molecule has 2 aliphatic rings. The van der Waals surface area contributed by atoms with Gasteiger partial charge in [0, 0.05) is 17.9 Å². The van der Waals surface area contributed by atoms with E-state index in [1.54, 1.807) is 24.3 Å². The Bertz CT molecular complexity index is 860. The summed E-state index contributed by atoms with van der Waals surface area (Å²) in [5.74, 6) is -1.36. The van der Waals surface area contributed by atoms with E-state index in [1.165, 1.54) is 0 Å². The van der Waals surface area contributed by atoms with Crippen LogP contribution in [-0.2, 0) is 0 Å². The molecule has 0 radical (unpaired) electrons. The Kier molecular flexibility index (Phi) is 5.48. The number of amides is 4. The SMILES string of the molecule is O=C1NC(=O)c2cc(Br)c(Br)cc21.O=C1NC(=O)c2cc(Br)c(Br)cc21. The normalized spacial score (nSPS) is 14.3. The van der Waals surface area contributed by atoms with Gasteiger partial charge in [-0.3, -0.25) is 29.8 Å². The van der Waals surface area contributed by atoms with Gasteiger partial charge in [0.15, 0.2) is 0 Å². The Labute approximate surface area is 180 Å². The van der Waals surface area contributed by atoms with E-state index in [1.807, 2.05) is 0 Å². The van der Waals surface area contributed by atoms with Crippen molar-refractivity contribution in [1.82, 2.24) is 10.6 Å². The van der Waals surface area contributed by atoms with E-state index in [0.717, 1.165) is 17.9 Å². The van der Waals surface area contributed by atoms with E-state index in [4.69, 9.17) is 0 Å². The van der Waals surface area contributed by atoms with Gasteiger partial charge in [0.25, 0.3) is 23.6 Å². The quantitative estimate of drug-likeness (QED) is 0.439. The molecule has 2 aromatic carbocycles. The minimum Gasteiger partial charge on any atom is -0.288 e. The van der Waals surface area contributed by atoms with Crippen molar-refractivity contribution >= 4 is 87.3 Å². The van der Waals surface area contributed by atoms with Crippen molar-refractivity contribution in [3.63, 3.8) is 0 Å². The van der Waals surface area contributed by atoms with Gasteiger partial charge in [-0.1, -0.05) is 0 Å². The summed E-state index contributed by atoms with van der Waals surface area (Å²) in [7, 11) is 0. The molecule has 2 N–H and O–H groups in total. The number of carbonyl (C=O) groups excluding carboxylic acids is 4. The zero-order chi connectivity index (χ0) is 19.2. The Hall–Kier alpha value is -1.36. The van der Waals surface area contributed by atoms with Crippen LogP contribution in [0.3, 0.4) is 0 Å². The monoisotopic (exact) mass is 606 g/mol. The maximum atomic E-state index is 11.2. The van der Waals surface area contributed by atoms with Gasteiger partial charge in [-0.2, -0.15) is 0 Å². The molecule has 0 saturated heterocycles. The van der Waals surface area contributed by atoms with Gasteiger partial charge < -0.3 is 0 Å². The number of fused-ring (bicyclic) bond motifs is 2. The van der Waals surface area contributed by atoms with Crippen LogP contribution in [0.1, 0.15) is 41.4 Å². The highest BCUT2D eigenvalue weighted by Gasteiger charge is 2.28. The van der Waals surface area contributed by atoms with Crippen LogP contribution in [0.5, 0.6) is 0 Å². The fourth-order valence-electron chi connectivity index (χ4n) is 2.32. The van der Waals surface area contributed by atoms with Gasteiger partial charge in [-0.15, -0.1) is 0 Å². The minimum atomic E-state index is -0.340. The number of benzene rings is 2. The van der Waals surface area contributed by atoms with Crippen LogP contribution in [0.4, 0.5) is 0 Å². The maximum absolute atomic E-state index is 11.2. The van der Waals surface area contributed by atoms with Crippen LogP contribution in [0, 0.1) is 0 Å². The van der Waals surface area contributed by atoms with Crippen molar-refractivity contribution in [2.75, 3.05) is 0 Å². The van der Waals surface area contributed by atoms with E-state index < -0.39 is 0 Å². The number of nitrogens with one attached hydrogen (secondary N) is 2. The van der Waals surface area contributed by atoms with Crippen LogP contribution in [0.25, 0.3) is 0 Å². The van der Waals surface area contributed by atoms with E-state index >= 15 is 0 Å². The fourth-order valence-corrected chi connectivity index (χ4v) is 3.69. The van der Waals surface area contributed by atoms with Crippen molar-refractivity contribution in [3.8, 4) is 0 Å². The van der Waals surface area contributed by atoms with Crippen molar-refractivity contribution in [2.45, 2.75) is 0 Å². The molecule has 2 aromatic rings. The van der Waals surface area contributed by atoms with E-state index in [-0.39, 0.29) is 23.6 Å². The van der Waals surface area contributed by atoms with Gasteiger partial charge in [0.2, 0.25) is 0 Å². The van der Waals surface area contributed by atoms with Crippen molar-refractivity contribution in [3.05, 3.63) is 64.4 Å². The average Bonchev–Trinajstić information content (AvgIpc) is 2.99. The zero-order valence-electron chi connectivity index (χ0n) is 12.5. The van der Waals surface area contributed by atoms with Gasteiger partial charge in [0.1, 0.15) is 0 Å². The van der Waals surface area contributed by atoms with Crippen molar-refractivity contribution < 1.29 is 19.2 Å². The predicted molar refractivity (Wildman–Crippen MR) is 107 cm³/mol. The molecule has 0 atom stereocenters. The summed E-state index contributed by atoms with van der Waals surface area (Å²) in [4.78, 5) is 44.7. The minimum absolute atomic E-state index is 0.340. The lowest BCUT2D eigenvalue weighted by Crippen LogP contribution is -2.19. The molecule has 0 fully saturated rings. The first-order valence-corrected chi connectivity index (χ1v) is 10.1. The Morgan fingerprint density at radius 3 is 0.846 bits per heavy atom. The van der Waals surface area contributed by atoms with E-state index in [9.17, 15) is 19.2 Å². The lowest BCUT2D eigenvalue weighted by Gasteiger charge is -1.98. The fraction of sp³-hybridized carbons (Fsp3) is 0. The molecule has 2 heterocycles. The standard InChI is InChI=1S/2C8H3Br2NO2/c2*9-5-1-3-4(2-6(5)10)8(13)11-7(3)12/h2*1-2H,(H,11,12,13). The zero-order valence-corrected chi connectivity index (χ0v) is 18.8. The highest BCUT2D eigenvalue weighted by atomic mass is 79.9. The molecule has 132 valence electrons. The predicted octanol–water partition coefficient (Wildman–Crippen LogP) is 4.19. The number of carbonyl (C=O) groups is 4. The van der Waals surface area contributed by atoms with Gasteiger partial charge in [-0.05, 0) is 88.0 Å². The summed E-state index contributed by atoms with van der Waals surface area (Å²) >= 11 is 13.0. The average molecular weight is 610 g/mol. The largest absolute Gasteiger partial charge is 0.288 e. The number of rotatable bonds is 0. The number of halogens is 4. The smallest absolute Gasteiger partial charge is 0.258 e. The highest BCUT2D eigenvalue weighted by molar-refractivity contribution is 9.13. The second-order valence-electron chi connectivity index (χ2n) is 5.19. The molecule has 6 nitrogen and oxygen atoms in total. The summed E-state index contributed by atoms with van der Waals surface area (Å²) in [6.07, 6.45) is 0. The first kappa shape index (κ1) is 19.4. The van der Waals surface area contributed by atoms with Crippen molar-refractivity contribution in [2.24, 2.45) is 0 Å². The third kappa shape index (κ3) is 3.55. The van der Waals surface area contributed by atoms with Gasteiger partial charge in [-0.25, -0.2) is 0 Å². The third-order valence-corrected chi connectivity index (χ3v) is 7.24. The number of hydrogen-bond acceptors (Lipinski definition) is 4. The molecule has 26 heavy (non-hydrogen) atoms. The summed E-state index contributed by atoms with van der Waals surface area (Å²) in [6.45, 7) is 0. The first-order chi connectivity index (χ1) is 12.2. The second-order valence-corrected chi connectivity index (χ2v) is 8.61. The van der Waals surface area contributed by atoms with Crippen LogP contribution >= 0.6 is 63.7 Å². The molecule has 0 spiro atoms. The molecular weight excluding hydrogens is 604 g/mol. The summed E-state index contributed by atoms with van der Waals surface area (Å²) in [6, 6.07) is 6.50. The maximum Gasteiger partial charge on any atom is 0.258 e. The molecule has 0 saturated carbocycles. The second kappa shape index (κ2) is 7.34. The first-order valence-electron chi connectivity index (χ1n) is 6.88. The Balaban J connectivity index is 0.000000151. The number of imide groups is 2. The van der Waals surface area contributed by atoms with Gasteiger partial charge >= 0.3 is 0 Å². The van der Waals surface area contributed by atoms with Crippen LogP contribution in [0.15, 0.2) is 42.2 Å². The van der Waals surface area contributed by atoms with Crippen LogP contribution in [-0.4, -0.2) is 23.6 Å². The van der Waals surface area contributed by atoms with Crippen molar-refractivity contribution in [1.29, 1.82) is 0 Å². The lowest BCUT2D eigenvalue weighted by molar-refractivity contribution is 0.0863. The molecule has 4 amide bonds. The molecule has 0 aliphatic carbocycles. The molecule has 0 bridgehead atoms. The highest BCUT2D eigenvalue weighted by Crippen LogP contribution is 2.29. The molecule has 0 aromatic heterocycles. The van der Waals surface area contributed by atoms with Crippen LogP contribution < -0.4 is 10.6 Å². The summed E-state index contributed by atoms with van der Waals surface area (Å²) in [5, 5.41) is 4.43. The Morgan fingerprint density at radius 2 is 0.654 bits per heavy atom. The number of hydrogen-bond donors (Lipinski definition) is 2. The van der Waals surface area contributed by atoms with Crippen LogP contribution in [0.2, 0.25) is 0 Å². The molecule has 4 rings (SSSR count). The van der Waals surface area contributed by atoms with E-state index in [2.05, 4.69) is 74.4 Å². The molecule has 0 unspecified atom stereocenters. The molecule has 2 aliphatic heterocycles. The van der Waals surface area contributed by atoms with Gasteiger partial charge in [0.05, 0.1) is 22.3 Å². The molecular formula is C16H6Br4N2O4. The third-order valence-electron chi connectivity index (χ3n) is 3.55. The summed E-state index contributed by atoms with van der Waals surface area (Å²) in [5.41, 5.74) is 1.67. The molecule has 10 heteroatoms. The lowest BCUT2D eigenvalue weighted by atomic mass is 10.1. The summed E-state index contributed by atoms with van der Waals surface area (Å²) < 4.78 is 3.04.